The molecule has 1 N–H and O–H groups in total. The largest absolute Gasteiger partial charge is 0.384 e. The number of hydrogen-bond donors (Lipinski definition) is 1. The fraction of sp³-hybridized carbons (Fsp3) is 0.0769. The Hall–Kier alpha value is -0.900. The van der Waals surface area contributed by atoms with E-state index in [9.17, 15) is 9.50 Å². The highest BCUT2D eigenvalue weighted by Crippen LogP contribution is 2.28. The molecule has 2 rings (SSSR count). The second-order valence-corrected chi connectivity index (χ2v) is 4.98. The lowest BCUT2D eigenvalue weighted by Crippen LogP contribution is -2.02. The summed E-state index contributed by atoms with van der Waals surface area (Å²) < 4.78 is 14.3. The summed E-state index contributed by atoms with van der Waals surface area (Å²) in [4.78, 5) is 0. The lowest BCUT2D eigenvalue weighted by molar-refractivity contribution is 0.215. The molecule has 0 amide bonds. The van der Waals surface area contributed by atoms with Crippen molar-refractivity contribution in [3.8, 4) is 0 Å². The number of rotatable bonds is 2. The number of aliphatic hydroxyl groups is 1. The quantitative estimate of drug-likeness (QED) is 0.875. The third kappa shape index (κ3) is 2.86. The van der Waals surface area contributed by atoms with Gasteiger partial charge in [0.2, 0.25) is 0 Å². The van der Waals surface area contributed by atoms with Crippen LogP contribution < -0.4 is 0 Å². The van der Waals surface area contributed by atoms with Gasteiger partial charge in [-0.15, -0.1) is 0 Å². The van der Waals surface area contributed by atoms with E-state index < -0.39 is 11.9 Å². The van der Waals surface area contributed by atoms with Crippen molar-refractivity contribution in [2.75, 3.05) is 0 Å². The van der Waals surface area contributed by atoms with Crippen molar-refractivity contribution in [2.24, 2.45) is 0 Å². The molecule has 0 heterocycles. The summed E-state index contributed by atoms with van der Waals surface area (Å²) in [6.07, 6.45) is -1.02. The maximum Gasteiger partial charge on any atom is 0.129 e. The highest BCUT2D eigenvalue weighted by molar-refractivity contribution is 9.10. The van der Waals surface area contributed by atoms with Crippen LogP contribution in [0.1, 0.15) is 17.2 Å². The van der Waals surface area contributed by atoms with Gasteiger partial charge in [-0.05, 0) is 35.9 Å². The van der Waals surface area contributed by atoms with Gasteiger partial charge >= 0.3 is 0 Å². The zero-order valence-electron chi connectivity index (χ0n) is 8.70. The molecule has 2 aromatic carbocycles. The van der Waals surface area contributed by atoms with E-state index in [0.717, 1.165) is 4.47 Å². The van der Waals surface area contributed by atoms with Crippen LogP contribution in [-0.2, 0) is 0 Å². The Morgan fingerprint density at radius 1 is 1.18 bits per heavy atom. The maximum absolute atomic E-state index is 13.6. The van der Waals surface area contributed by atoms with Crippen LogP contribution in [-0.4, -0.2) is 5.11 Å². The Balaban J connectivity index is 2.43. The molecule has 88 valence electrons. The average molecular weight is 316 g/mol. The molecule has 0 aliphatic carbocycles. The summed E-state index contributed by atoms with van der Waals surface area (Å²) in [5.74, 6) is -0.444. The summed E-state index contributed by atoms with van der Waals surface area (Å²) in [5.41, 5.74) is 0.788. The van der Waals surface area contributed by atoms with Crippen molar-refractivity contribution in [1.29, 1.82) is 0 Å². The van der Waals surface area contributed by atoms with E-state index in [4.69, 9.17) is 11.6 Å². The zero-order chi connectivity index (χ0) is 12.4. The SMILES string of the molecule is OC(c1cccc(Cl)c1)c1cc(Br)ccc1F. The van der Waals surface area contributed by atoms with E-state index in [0.29, 0.717) is 10.6 Å². The summed E-state index contributed by atoms with van der Waals surface area (Å²) in [6, 6.07) is 11.2. The molecule has 17 heavy (non-hydrogen) atoms. The van der Waals surface area contributed by atoms with Crippen molar-refractivity contribution in [3.63, 3.8) is 0 Å². The van der Waals surface area contributed by atoms with Gasteiger partial charge in [-0.1, -0.05) is 39.7 Å². The van der Waals surface area contributed by atoms with Gasteiger partial charge in [-0.2, -0.15) is 0 Å². The Bertz CT molecular complexity index is 545. The minimum Gasteiger partial charge on any atom is -0.384 e. The number of benzene rings is 2. The van der Waals surface area contributed by atoms with E-state index in [1.165, 1.54) is 6.07 Å². The van der Waals surface area contributed by atoms with Crippen molar-refractivity contribution < 1.29 is 9.50 Å². The van der Waals surface area contributed by atoms with Crippen molar-refractivity contribution in [1.82, 2.24) is 0 Å². The van der Waals surface area contributed by atoms with Gasteiger partial charge in [0.15, 0.2) is 0 Å². The molecular weight excluding hydrogens is 306 g/mol. The van der Waals surface area contributed by atoms with Crippen LogP contribution in [0.15, 0.2) is 46.9 Å². The minimum atomic E-state index is -1.02. The van der Waals surface area contributed by atoms with Crippen LogP contribution >= 0.6 is 27.5 Å². The van der Waals surface area contributed by atoms with Crippen LogP contribution in [0.3, 0.4) is 0 Å². The van der Waals surface area contributed by atoms with Crippen LogP contribution in [0.4, 0.5) is 4.39 Å². The Kier molecular flexibility index (Phi) is 3.82. The van der Waals surface area contributed by atoms with Gasteiger partial charge in [0.25, 0.3) is 0 Å². The molecule has 0 aliphatic heterocycles. The molecule has 0 aromatic heterocycles. The second-order valence-electron chi connectivity index (χ2n) is 3.62. The second kappa shape index (κ2) is 5.17. The van der Waals surface area contributed by atoms with E-state index in [1.807, 2.05) is 0 Å². The lowest BCUT2D eigenvalue weighted by atomic mass is 10.0. The molecule has 4 heteroatoms. The first kappa shape index (κ1) is 12.6. The van der Waals surface area contributed by atoms with Crippen LogP contribution in [0, 0.1) is 5.82 Å². The van der Waals surface area contributed by atoms with E-state index in [2.05, 4.69) is 15.9 Å². The molecule has 0 saturated heterocycles. The molecular formula is C13H9BrClFO. The van der Waals surface area contributed by atoms with E-state index in [-0.39, 0.29) is 5.56 Å². The average Bonchev–Trinajstić information content (AvgIpc) is 2.31. The molecule has 0 saturated carbocycles. The fourth-order valence-corrected chi connectivity index (χ4v) is 2.16. The zero-order valence-corrected chi connectivity index (χ0v) is 11.0. The molecule has 1 atom stereocenters. The summed E-state index contributed by atoms with van der Waals surface area (Å²) in [5, 5.41) is 10.6. The molecule has 0 bridgehead atoms. The number of halogens is 3. The topological polar surface area (TPSA) is 20.2 Å². The summed E-state index contributed by atoms with van der Waals surface area (Å²) in [6.45, 7) is 0. The standard InChI is InChI=1S/C13H9BrClFO/c14-9-4-5-12(16)11(7-9)13(17)8-2-1-3-10(15)6-8/h1-7,13,17H. The Morgan fingerprint density at radius 2 is 1.94 bits per heavy atom. The first-order valence-electron chi connectivity index (χ1n) is 4.96. The summed E-state index contributed by atoms with van der Waals surface area (Å²) in [7, 11) is 0. The van der Waals surface area contributed by atoms with Gasteiger partial charge in [0.1, 0.15) is 11.9 Å². The molecule has 2 aromatic rings. The first-order valence-corrected chi connectivity index (χ1v) is 6.13. The van der Waals surface area contributed by atoms with Gasteiger partial charge < -0.3 is 5.11 Å². The molecule has 1 nitrogen and oxygen atoms in total. The third-order valence-corrected chi connectivity index (χ3v) is 3.15. The van der Waals surface area contributed by atoms with Gasteiger partial charge in [0.05, 0.1) is 0 Å². The van der Waals surface area contributed by atoms with Gasteiger partial charge in [-0.25, -0.2) is 4.39 Å². The van der Waals surface area contributed by atoms with Crippen LogP contribution in [0.5, 0.6) is 0 Å². The Morgan fingerprint density at radius 3 is 2.65 bits per heavy atom. The number of aliphatic hydroxyl groups excluding tert-OH is 1. The minimum absolute atomic E-state index is 0.224. The van der Waals surface area contributed by atoms with Crippen molar-refractivity contribution >= 4 is 27.5 Å². The van der Waals surface area contributed by atoms with Gasteiger partial charge in [-0.3, -0.25) is 0 Å². The van der Waals surface area contributed by atoms with Crippen molar-refractivity contribution in [2.45, 2.75) is 6.10 Å². The fourth-order valence-electron chi connectivity index (χ4n) is 1.58. The van der Waals surface area contributed by atoms with Crippen LogP contribution in [0.25, 0.3) is 0 Å². The smallest absolute Gasteiger partial charge is 0.129 e. The van der Waals surface area contributed by atoms with Gasteiger partial charge in [0, 0.05) is 15.1 Å². The van der Waals surface area contributed by atoms with E-state index in [1.54, 1.807) is 36.4 Å². The molecule has 0 spiro atoms. The molecule has 0 aliphatic rings. The normalized spacial score (nSPS) is 12.5. The molecule has 1 unspecified atom stereocenters. The highest BCUT2D eigenvalue weighted by atomic mass is 79.9. The predicted molar refractivity (Wildman–Crippen MR) is 69.6 cm³/mol. The monoisotopic (exact) mass is 314 g/mol. The molecule has 0 radical (unpaired) electrons. The third-order valence-electron chi connectivity index (χ3n) is 2.42. The number of hydrogen-bond acceptors (Lipinski definition) is 1. The highest BCUT2D eigenvalue weighted by Gasteiger charge is 2.15. The lowest BCUT2D eigenvalue weighted by Gasteiger charge is -2.13. The van der Waals surface area contributed by atoms with Crippen LogP contribution in [0.2, 0.25) is 5.02 Å². The summed E-state index contributed by atoms with van der Waals surface area (Å²) >= 11 is 9.08. The molecule has 0 fully saturated rings. The Labute approximate surface area is 112 Å². The maximum atomic E-state index is 13.6. The predicted octanol–water partition coefficient (Wildman–Crippen LogP) is 4.32. The van der Waals surface area contributed by atoms with Crippen molar-refractivity contribution in [3.05, 3.63) is 68.9 Å². The van der Waals surface area contributed by atoms with E-state index >= 15 is 0 Å². The first-order chi connectivity index (χ1) is 8.08.